The topological polar surface area (TPSA) is 24.9 Å². The molecule has 0 aromatic heterocycles. The van der Waals surface area contributed by atoms with Crippen LogP contribution >= 0.6 is 0 Å². The molecule has 134 valence electrons. The van der Waals surface area contributed by atoms with Crippen LogP contribution < -0.4 is 9.47 Å². The van der Waals surface area contributed by atoms with Gasteiger partial charge < -0.3 is 9.47 Å². The Kier molecular flexibility index (Phi) is 5.89. The number of hydrogen-bond donors (Lipinski definition) is 0. The summed E-state index contributed by atoms with van der Waals surface area (Å²) in [4.78, 5) is 4.70. The van der Waals surface area contributed by atoms with Crippen LogP contribution in [0.2, 0.25) is 0 Å². The van der Waals surface area contributed by atoms with E-state index in [-0.39, 0.29) is 5.82 Å². The highest BCUT2D eigenvalue weighted by Crippen LogP contribution is 2.25. The van der Waals surface area contributed by atoms with E-state index in [0.717, 1.165) is 55.3 Å². The van der Waals surface area contributed by atoms with E-state index in [0.29, 0.717) is 6.54 Å². The molecule has 25 heavy (non-hydrogen) atoms. The molecule has 0 aliphatic carbocycles. The van der Waals surface area contributed by atoms with Gasteiger partial charge in [0.15, 0.2) is 0 Å². The average molecular weight is 344 g/mol. The molecule has 1 heterocycles. The zero-order valence-electron chi connectivity index (χ0n) is 14.9. The third-order valence-electron chi connectivity index (χ3n) is 4.70. The van der Waals surface area contributed by atoms with Crippen LogP contribution in [0.3, 0.4) is 0 Å². The van der Waals surface area contributed by atoms with Gasteiger partial charge in [0.1, 0.15) is 17.3 Å². The number of piperazine rings is 1. The fourth-order valence-electron chi connectivity index (χ4n) is 3.22. The summed E-state index contributed by atoms with van der Waals surface area (Å²) in [7, 11) is 3.37. The van der Waals surface area contributed by atoms with Crippen molar-refractivity contribution in [3.05, 3.63) is 59.4 Å². The molecule has 1 aliphatic heterocycles. The molecule has 2 aromatic rings. The van der Waals surface area contributed by atoms with Crippen molar-refractivity contribution in [1.29, 1.82) is 0 Å². The van der Waals surface area contributed by atoms with Gasteiger partial charge in [-0.3, -0.25) is 9.80 Å². The molecule has 1 saturated heterocycles. The third-order valence-corrected chi connectivity index (χ3v) is 4.70. The number of rotatable bonds is 6. The monoisotopic (exact) mass is 344 g/mol. The molecule has 1 aliphatic rings. The summed E-state index contributed by atoms with van der Waals surface area (Å²) in [5.74, 6) is 1.61. The molecular formula is C20H25FN2O2. The smallest absolute Gasteiger partial charge is 0.127 e. The quantitative estimate of drug-likeness (QED) is 0.804. The molecule has 5 heteroatoms. The summed E-state index contributed by atoms with van der Waals surface area (Å²) in [6, 6.07) is 12.9. The maximum atomic E-state index is 13.8. The zero-order chi connectivity index (χ0) is 17.6. The van der Waals surface area contributed by atoms with Crippen molar-refractivity contribution in [1.82, 2.24) is 9.80 Å². The van der Waals surface area contributed by atoms with Gasteiger partial charge in [-0.25, -0.2) is 4.39 Å². The summed E-state index contributed by atoms with van der Waals surface area (Å²) >= 11 is 0. The average Bonchev–Trinajstić information content (AvgIpc) is 2.65. The van der Waals surface area contributed by atoms with E-state index in [2.05, 4.69) is 9.80 Å². The van der Waals surface area contributed by atoms with E-state index >= 15 is 0 Å². The largest absolute Gasteiger partial charge is 0.497 e. The lowest BCUT2D eigenvalue weighted by Gasteiger charge is -2.35. The van der Waals surface area contributed by atoms with Gasteiger partial charge in [-0.05, 0) is 24.3 Å². The van der Waals surface area contributed by atoms with Crippen LogP contribution in [-0.2, 0) is 13.1 Å². The van der Waals surface area contributed by atoms with Crippen molar-refractivity contribution in [2.45, 2.75) is 13.1 Å². The number of methoxy groups -OCH3 is 2. The van der Waals surface area contributed by atoms with Crippen LogP contribution in [0.5, 0.6) is 11.5 Å². The summed E-state index contributed by atoms with van der Waals surface area (Å²) in [6.45, 7) is 5.27. The van der Waals surface area contributed by atoms with Crippen molar-refractivity contribution in [3.8, 4) is 11.5 Å². The van der Waals surface area contributed by atoms with Crippen molar-refractivity contribution in [2.24, 2.45) is 0 Å². The second-order valence-corrected chi connectivity index (χ2v) is 6.32. The third kappa shape index (κ3) is 4.50. The Morgan fingerprint density at radius 2 is 1.48 bits per heavy atom. The number of hydrogen-bond acceptors (Lipinski definition) is 4. The minimum atomic E-state index is -0.119. The minimum absolute atomic E-state index is 0.119. The second-order valence-electron chi connectivity index (χ2n) is 6.32. The first-order chi connectivity index (χ1) is 12.2. The first-order valence-corrected chi connectivity index (χ1v) is 8.58. The lowest BCUT2D eigenvalue weighted by atomic mass is 10.1. The summed E-state index contributed by atoms with van der Waals surface area (Å²) in [5, 5.41) is 0. The lowest BCUT2D eigenvalue weighted by molar-refractivity contribution is 0.120. The molecule has 0 N–H and O–H groups in total. The predicted molar refractivity (Wildman–Crippen MR) is 96.5 cm³/mol. The second kappa shape index (κ2) is 8.32. The predicted octanol–water partition coefficient (Wildman–Crippen LogP) is 3.16. The minimum Gasteiger partial charge on any atom is -0.497 e. The highest BCUT2D eigenvalue weighted by Gasteiger charge is 2.19. The highest BCUT2D eigenvalue weighted by atomic mass is 19.1. The molecule has 0 saturated carbocycles. The maximum absolute atomic E-state index is 13.8. The van der Waals surface area contributed by atoms with Crippen molar-refractivity contribution >= 4 is 0 Å². The summed E-state index contributed by atoms with van der Waals surface area (Å²) in [6.07, 6.45) is 0. The van der Waals surface area contributed by atoms with Crippen LogP contribution in [0.25, 0.3) is 0 Å². The van der Waals surface area contributed by atoms with Crippen LogP contribution in [0.15, 0.2) is 42.5 Å². The Bertz CT molecular complexity index is 700. The Balaban J connectivity index is 1.57. The highest BCUT2D eigenvalue weighted by molar-refractivity contribution is 5.40. The Morgan fingerprint density at radius 1 is 0.840 bits per heavy atom. The molecule has 0 radical (unpaired) electrons. The van der Waals surface area contributed by atoms with Gasteiger partial charge in [0.05, 0.1) is 14.2 Å². The van der Waals surface area contributed by atoms with Gasteiger partial charge >= 0.3 is 0 Å². The van der Waals surface area contributed by atoms with Gasteiger partial charge in [0, 0.05) is 50.4 Å². The molecule has 2 aromatic carbocycles. The van der Waals surface area contributed by atoms with E-state index in [9.17, 15) is 4.39 Å². The van der Waals surface area contributed by atoms with Crippen LogP contribution in [-0.4, -0.2) is 50.2 Å². The van der Waals surface area contributed by atoms with Gasteiger partial charge in [0.2, 0.25) is 0 Å². The van der Waals surface area contributed by atoms with Gasteiger partial charge in [0.25, 0.3) is 0 Å². The fraction of sp³-hybridized carbons (Fsp3) is 0.400. The molecule has 4 nitrogen and oxygen atoms in total. The van der Waals surface area contributed by atoms with E-state index in [1.807, 2.05) is 30.3 Å². The van der Waals surface area contributed by atoms with Gasteiger partial charge in [-0.1, -0.05) is 18.2 Å². The van der Waals surface area contributed by atoms with E-state index in [4.69, 9.17) is 9.47 Å². The first kappa shape index (κ1) is 17.7. The summed E-state index contributed by atoms with van der Waals surface area (Å²) in [5.41, 5.74) is 1.90. The standard InChI is InChI=1S/C20H25FN2O2/c1-24-18-7-8-20(25-2)17(13-18)15-23-11-9-22(10-12-23)14-16-5-3-4-6-19(16)21/h3-8,13H,9-12,14-15H2,1-2H3. The molecule has 0 bridgehead atoms. The van der Waals surface area contributed by atoms with Crippen LogP contribution in [0.1, 0.15) is 11.1 Å². The number of benzene rings is 2. The molecule has 3 rings (SSSR count). The number of nitrogens with zero attached hydrogens (tertiary/aromatic N) is 2. The van der Waals surface area contributed by atoms with E-state index < -0.39 is 0 Å². The molecule has 0 unspecified atom stereocenters. The van der Waals surface area contributed by atoms with Crippen molar-refractivity contribution in [2.75, 3.05) is 40.4 Å². The Morgan fingerprint density at radius 3 is 2.08 bits per heavy atom. The molecule has 1 fully saturated rings. The van der Waals surface area contributed by atoms with Crippen molar-refractivity contribution in [3.63, 3.8) is 0 Å². The zero-order valence-corrected chi connectivity index (χ0v) is 14.9. The normalized spacial score (nSPS) is 16.0. The van der Waals surface area contributed by atoms with Gasteiger partial charge in [-0.15, -0.1) is 0 Å². The number of halogens is 1. The Hall–Kier alpha value is -2.11. The Labute approximate surface area is 148 Å². The number of ether oxygens (including phenoxy) is 2. The molecule has 0 amide bonds. The van der Waals surface area contributed by atoms with Crippen LogP contribution in [0.4, 0.5) is 4.39 Å². The fourth-order valence-corrected chi connectivity index (χ4v) is 3.22. The molecule has 0 atom stereocenters. The van der Waals surface area contributed by atoms with E-state index in [1.165, 1.54) is 6.07 Å². The lowest BCUT2D eigenvalue weighted by Crippen LogP contribution is -2.45. The SMILES string of the molecule is COc1ccc(OC)c(CN2CCN(Cc3ccccc3F)CC2)c1. The molecule has 0 spiro atoms. The van der Waals surface area contributed by atoms with Crippen molar-refractivity contribution < 1.29 is 13.9 Å². The maximum Gasteiger partial charge on any atom is 0.127 e. The van der Waals surface area contributed by atoms with Crippen LogP contribution in [0, 0.1) is 5.82 Å². The van der Waals surface area contributed by atoms with E-state index in [1.54, 1.807) is 20.3 Å². The summed E-state index contributed by atoms with van der Waals surface area (Å²) < 4.78 is 24.6. The molecular weight excluding hydrogens is 319 g/mol. The first-order valence-electron chi connectivity index (χ1n) is 8.58. The van der Waals surface area contributed by atoms with Gasteiger partial charge in [-0.2, -0.15) is 0 Å².